The molecule has 1 aliphatic rings. The van der Waals surface area contributed by atoms with E-state index in [1.165, 1.54) is 11.8 Å². The first-order chi connectivity index (χ1) is 14.0. The molecule has 0 saturated carbocycles. The quantitative estimate of drug-likeness (QED) is 0.537. The largest absolute Gasteiger partial charge is 0.477 e. The normalized spacial score (nSPS) is 14.1. The number of halogens is 2. The summed E-state index contributed by atoms with van der Waals surface area (Å²) < 4.78 is 2.22. The molecule has 7 nitrogen and oxygen atoms in total. The van der Waals surface area contributed by atoms with Crippen molar-refractivity contribution in [2.24, 2.45) is 7.05 Å². The van der Waals surface area contributed by atoms with Crippen molar-refractivity contribution in [2.45, 2.75) is 19.9 Å². The summed E-state index contributed by atoms with van der Waals surface area (Å²) >= 11 is 0. The summed E-state index contributed by atoms with van der Waals surface area (Å²) in [5.74, 6) is -1.21. The third-order valence-electron chi connectivity index (χ3n) is 5.76. The van der Waals surface area contributed by atoms with Crippen LogP contribution in [-0.4, -0.2) is 51.7 Å². The molecule has 1 aliphatic heterocycles. The number of nitrogens with one attached hydrogen (secondary N) is 2. The summed E-state index contributed by atoms with van der Waals surface area (Å²) in [6.07, 6.45) is 0.632. The molecule has 0 atom stereocenters. The molecule has 0 radical (unpaired) electrons. The summed E-state index contributed by atoms with van der Waals surface area (Å²) in [6.45, 7) is 7.00. The van der Waals surface area contributed by atoms with E-state index in [1.807, 2.05) is 13.0 Å². The number of piperazine rings is 1. The van der Waals surface area contributed by atoms with E-state index in [1.54, 1.807) is 0 Å². The molecule has 9 heteroatoms. The Balaban J connectivity index is 0.00000171. The van der Waals surface area contributed by atoms with Crippen molar-refractivity contribution in [1.82, 2.24) is 19.8 Å². The molecule has 0 spiro atoms. The van der Waals surface area contributed by atoms with Crippen molar-refractivity contribution in [2.75, 3.05) is 26.2 Å². The molecule has 3 heterocycles. The van der Waals surface area contributed by atoms with Crippen molar-refractivity contribution in [1.29, 1.82) is 0 Å². The molecule has 1 aromatic carbocycles. The lowest BCUT2D eigenvalue weighted by Gasteiger charge is -2.27. The summed E-state index contributed by atoms with van der Waals surface area (Å²) in [5, 5.41) is 13.7. The molecule has 0 amide bonds. The summed E-state index contributed by atoms with van der Waals surface area (Å²) in [5.41, 5.74) is 4.01. The number of aryl methyl sites for hydroxylation is 2. The number of H-pyrrole nitrogens is 1. The Morgan fingerprint density at radius 1 is 1.13 bits per heavy atom. The van der Waals surface area contributed by atoms with Gasteiger partial charge in [0.05, 0.1) is 5.69 Å². The number of aromatic nitrogens is 2. The number of benzene rings is 1. The lowest BCUT2D eigenvalue weighted by atomic mass is 10.0. The van der Waals surface area contributed by atoms with E-state index < -0.39 is 11.5 Å². The van der Waals surface area contributed by atoms with Gasteiger partial charge in [0.15, 0.2) is 0 Å². The van der Waals surface area contributed by atoms with Gasteiger partial charge in [0.25, 0.3) is 5.56 Å². The number of rotatable bonds is 5. The van der Waals surface area contributed by atoms with E-state index in [-0.39, 0.29) is 30.4 Å². The average molecular weight is 467 g/mol. The maximum absolute atomic E-state index is 12.2. The molecule has 0 unspecified atom stereocenters. The van der Waals surface area contributed by atoms with Crippen LogP contribution >= 0.6 is 24.8 Å². The van der Waals surface area contributed by atoms with Crippen LogP contribution in [0.4, 0.5) is 0 Å². The number of aromatic amines is 1. The zero-order valence-corrected chi connectivity index (χ0v) is 19.2. The summed E-state index contributed by atoms with van der Waals surface area (Å²) in [6, 6.07) is 9.82. The van der Waals surface area contributed by atoms with Gasteiger partial charge < -0.3 is 20.0 Å². The van der Waals surface area contributed by atoms with Crippen LogP contribution in [0.2, 0.25) is 0 Å². The van der Waals surface area contributed by atoms with Crippen LogP contribution in [0, 0.1) is 0 Å². The third-order valence-corrected chi connectivity index (χ3v) is 5.76. The number of aromatic carboxylic acids is 1. The van der Waals surface area contributed by atoms with Crippen LogP contribution in [0.5, 0.6) is 0 Å². The first kappa shape index (κ1) is 24.9. The van der Waals surface area contributed by atoms with Gasteiger partial charge in [-0.1, -0.05) is 13.0 Å². The first-order valence-electron chi connectivity index (χ1n) is 9.99. The Kier molecular flexibility index (Phi) is 8.31. The van der Waals surface area contributed by atoms with Gasteiger partial charge in [0.1, 0.15) is 5.56 Å². The molecular weight excluding hydrogens is 439 g/mol. The smallest absolute Gasteiger partial charge is 0.341 e. The number of fused-ring (bicyclic) bond motifs is 1. The van der Waals surface area contributed by atoms with Gasteiger partial charge in [-0.2, -0.15) is 0 Å². The molecule has 168 valence electrons. The second-order valence-electron chi connectivity index (χ2n) is 7.57. The highest BCUT2D eigenvalue weighted by Crippen LogP contribution is 2.28. The minimum absolute atomic E-state index is 0. The van der Waals surface area contributed by atoms with Crippen LogP contribution in [0.1, 0.15) is 28.5 Å². The highest BCUT2D eigenvalue weighted by atomic mass is 35.5. The van der Waals surface area contributed by atoms with Gasteiger partial charge in [0, 0.05) is 56.4 Å². The van der Waals surface area contributed by atoms with E-state index in [9.17, 15) is 14.7 Å². The van der Waals surface area contributed by atoms with Crippen LogP contribution in [0.3, 0.4) is 0 Å². The van der Waals surface area contributed by atoms with Gasteiger partial charge in [0.2, 0.25) is 0 Å². The number of hydrogen-bond donors (Lipinski definition) is 3. The number of carboxylic acids is 1. The number of nitrogens with zero attached hydrogens (tertiary/aromatic N) is 2. The minimum atomic E-state index is -1.21. The molecule has 2 aromatic heterocycles. The van der Waals surface area contributed by atoms with E-state index in [4.69, 9.17) is 0 Å². The molecule has 3 aromatic rings. The van der Waals surface area contributed by atoms with Gasteiger partial charge in [-0.25, -0.2) is 4.79 Å². The number of hydrogen-bond acceptors (Lipinski definition) is 4. The molecule has 0 bridgehead atoms. The molecule has 3 N–H and O–H groups in total. The Morgan fingerprint density at radius 2 is 1.84 bits per heavy atom. The molecule has 1 saturated heterocycles. The topological polar surface area (TPSA) is 90.4 Å². The van der Waals surface area contributed by atoms with E-state index in [0.29, 0.717) is 12.1 Å². The van der Waals surface area contributed by atoms with Crippen molar-refractivity contribution in [3.63, 3.8) is 0 Å². The summed E-state index contributed by atoms with van der Waals surface area (Å²) in [4.78, 5) is 28.7. The highest BCUT2D eigenvalue weighted by molar-refractivity contribution is 5.89. The molecule has 4 rings (SSSR count). The van der Waals surface area contributed by atoms with Crippen molar-refractivity contribution in [3.05, 3.63) is 57.5 Å². The van der Waals surface area contributed by atoms with Crippen LogP contribution < -0.4 is 10.9 Å². The average Bonchev–Trinajstić information content (AvgIpc) is 3.03. The minimum Gasteiger partial charge on any atom is -0.477 e. The van der Waals surface area contributed by atoms with E-state index in [2.05, 4.69) is 45.0 Å². The SMILES string of the molecule is CCc1cc(C(=O)O)c(=O)[nH]c1-c1ccc2c(c1)cc(CN1CCNCC1)n2C.Cl.Cl. The monoisotopic (exact) mass is 466 g/mol. The van der Waals surface area contributed by atoms with Crippen LogP contribution in [-0.2, 0) is 20.0 Å². The molecule has 0 aliphatic carbocycles. The number of pyridine rings is 1. The van der Waals surface area contributed by atoms with Gasteiger partial charge in [-0.05, 0) is 41.8 Å². The Bertz CT molecular complexity index is 1130. The highest BCUT2D eigenvalue weighted by Gasteiger charge is 2.16. The second-order valence-corrected chi connectivity index (χ2v) is 7.57. The molecule has 31 heavy (non-hydrogen) atoms. The lowest BCUT2D eigenvalue weighted by molar-refractivity contribution is 0.0695. The summed E-state index contributed by atoms with van der Waals surface area (Å²) in [7, 11) is 2.08. The maximum Gasteiger partial charge on any atom is 0.341 e. The predicted octanol–water partition coefficient (Wildman–Crippen LogP) is 3.04. The van der Waals surface area contributed by atoms with E-state index >= 15 is 0 Å². The van der Waals surface area contributed by atoms with Crippen LogP contribution in [0.25, 0.3) is 22.2 Å². The Morgan fingerprint density at radius 3 is 2.48 bits per heavy atom. The van der Waals surface area contributed by atoms with Crippen molar-refractivity contribution in [3.8, 4) is 11.3 Å². The fourth-order valence-electron chi connectivity index (χ4n) is 4.08. The van der Waals surface area contributed by atoms with Gasteiger partial charge in [-0.3, -0.25) is 9.69 Å². The first-order valence-corrected chi connectivity index (χ1v) is 9.99. The van der Waals surface area contributed by atoms with Gasteiger partial charge in [-0.15, -0.1) is 24.8 Å². The van der Waals surface area contributed by atoms with Crippen LogP contribution in [0.15, 0.2) is 35.1 Å². The zero-order chi connectivity index (χ0) is 20.5. The second kappa shape index (κ2) is 10.3. The predicted molar refractivity (Wildman–Crippen MR) is 128 cm³/mol. The fraction of sp³-hybridized carbons (Fsp3) is 0.364. The Hall–Kier alpha value is -2.32. The van der Waals surface area contributed by atoms with Gasteiger partial charge >= 0.3 is 5.97 Å². The Labute approximate surface area is 193 Å². The standard InChI is InChI=1S/C22H26N4O3.2ClH/c1-3-14-12-18(22(28)29)21(27)24-20(14)15-4-5-19-16(10-15)11-17(25(19)2)13-26-8-6-23-7-9-26;;/h4-5,10-12,23H,3,6-9,13H2,1-2H3,(H,24,27)(H,28,29);2*1H. The molecule has 1 fully saturated rings. The van der Waals surface area contributed by atoms with Crippen molar-refractivity contribution >= 4 is 41.7 Å². The maximum atomic E-state index is 12.2. The van der Waals surface area contributed by atoms with Crippen molar-refractivity contribution < 1.29 is 9.90 Å². The molecular formula is C22H28Cl2N4O3. The third kappa shape index (κ3) is 4.96. The fourth-order valence-corrected chi connectivity index (χ4v) is 4.08. The lowest BCUT2D eigenvalue weighted by Crippen LogP contribution is -2.43. The number of carbonyl (C=O) groups is 1. The van der Waals surface area contributed by atoms with E-state index in [0.717, 1.165) is 54.8 Å². The zero-order valence-electron chi connectivity index (χ0n) is 17.6. The number of carboxylic acid groups (broad SMARTS) is 1.